The fraction of sp³-hybridized carbons (Fsp3) is 0.438. The first-order valence-corrected chi connectivity index (χ1v) is 9.48. The van der Waals surface area contributed by atoms with Crippen LogP contribution in [0.2, 0.25) is 0 Å². The molecule has 140 valence electrons. The molecular weight excluding hydrogens is 369 g/mol. The zero-order valence-corrected chi connectivity index (χ0v) is 14.6. The molecule has 2 aromatic heterocycles. The average molecular weight is 386 g/mol. The summed E-state index contributed by atoms with van der Waals surface area (Å²) in [5.41, 5.74) is 2.59. The van der Waals surface area contributed by atoms with Crippen molar-refractivity contribution in [1.29, 1.82) is 0 Å². The summed E-state index contributed by atoms with van der Waals surface area (Å²) in [6.45, 7) is 0.794. The molecule has 6 nitrogen and oxygen atoms in total. The number of fused-ring (bicyclic) bond motifs is 1. The van der Waals surface area contributed by atoms with Gasteiger partial charge in [-0.25, -0.2) is 4.68 Å². The zero-order valence-electron chi connectivity index (χ0n) is 13.8. The van der Waals surface area contributed by atoms with Gasteiger partial charge in [0.25, 0.3) is 0 Å². The van der Waals surface area contributed by atoms with Crippen molar-refractivity contribution in [1.82, 2.24) is 19.7 Å². The first kappa shape index (κ1) is 18.7. The maximum absolute atomic E-state index is 12.2. The van der Waals surface area contributed by atoms with Crippen molar-refractivity contribution in [2.75, 3.05) is 18.1 Å². The Bertz CT molecular complexity index is 767. The lowest BCUT2D eigenvalue weighted by molar-refractivity contribution is -0.131. The molecule has 0 spiro atoms. The van der Waals surface area contributed by atoms with Crippen molar-refractivity contribution in [3.05, 3.63) is 42.0 Å². The summed E-state index contributed by atoms with van der Waals surface area (Å²) >= 11 is -2.08. The van der Waals surface area contributed by atoms with Crippen molar-refractivity contribution >= 4 is 17.1 Å². The van der Waals surface area contributed by atoms with Gasteiger partial charge in [-0.2, -0.15) is 18.3 Å². The van der Waals surface area contributed by atoms with Gasteiger partial charge in [-0.1, -0.05) is 0 Å². The van der Waals surface area contributed by atoms with Crippen molar-refractivity contribution in [2.45, 2.75) is 25.6 Å². The Morgan fingerprint density at radius 2 is 2.19 bits per heavy atom. The number of alkyl halides is 3. The molecule has 2 aromatic rings. The van der Waals surface area contributed by atoms with Gasteiger partial charge in [0.1, 0.15) is 5.75 Å². The highest BCUT2D eigenvalue weighted by Gasteiger charge is 2.35. The number of nitrogens with zero attached hydrogens (tertiary/aromatic N) is 4. The van der Waals surface area contributed by atoms with E-state index in [4.69, 9.17) is 0 Å². The summed E-state index contributed by atoms with van der Waals surface area (Å²) in [7, 11) is 0. The van der Waals surface area contributed by atoms with Crippen LogP contribution in [0.3, 0.4) is 0 Å². The molecule has 3 heterocycles. The monoisotopic (exact) mass is 386 g/mol. The van der Waals surface area contributed by atoms with Crippen LogP contribution in [0.5, 0.6) is 0 Å². The van der Waals surface area contributed by atoms with E-state index in [0.29, 0.717) is 19.5 Å². The lowest BCUT2D eigenvalue weighted by Crippen LogP contribution is -2.37. The third-order valence-corrected chi connectivity index (χ3v) is 5.30. The van der Waals surface area contributed by atoms with E-state index in [1.165, 1.54) is 0 Å². The van der Waals surface area contributed by atoms with Gasteiger partial charge in [-0.3, -0.25) is 9.78 Å². The number of hydrogen-bond acceptors (Lipinski definition) is 4. The van der Waals surface area contributed by atoms with Crippen molar-refractivity contribution < 1.29 is 22.5 Å². The minimum absolute atomic E-state index is 0.158. The first-order chi connectivity index (χ1) is 12.3. The second kappa shape index (κ2) is 7.67. The van der Waals surface area contributed by atoms with Crippen LogP contribution in [0.1, 0.15) is 17.7 Å². The third kappa shape index (κ3) is 4.76. The van der Waals surface area contributed by atoms with E-state index in [2.05, 4.69) is 10.1 Å². The normalized spacial score (nSPS) is 15.6. The van der Waals surface area contributed by atoms with Gasteiger partial charge in [0.15, 0.2) is 0 Å². The van der Waals surface area contributed by atoms with Gasteiger partial charge in [0.2, 0.25) is 11.7 Å². The predicted molar refractivity (Wildman–Crippen MR) is 89.0 cm³/mol. The number of halogens is 3. The van der Waals surface area contributed by atoms with Crippen molar-refractivity contribution in [3.63, 3.8) is 0 Å². The smallest absolute Gasteiger partial charge is 0.433 e. The molecule has 0 fully saturated rings. The SMILES string of the molecule is O=C(CC[S+]([O-])CC(F)(F)F)N1CCc2nn(-c3cccnc3)cc2C1. The molecule has 0 aliphatic carbocycles. The summed E-state index contributed by atoms with van der Waals surface area (Å²) in [6, 6.07) is 3.66. The lowest BCUT2D eigenvalue weighted by Gasteiger charge is -2.26. The van der Waals surface area contributed by atoms with Crippen LogP contribution in [0.4, 0.5) is 13.2 Å². The highest BCUT2D eigenvalue weighted by atomic mass is 32.2. The fourth-order valence-electron chi connectivity index (χ4n) is 2.76. The summed E-state index contributed by atoms with van der Waals surface area (Å²) < 4.78 is 49.7. The Balaban J connectivity index is 1.58. The van der Waals surface area contributed by atoms with Crippen LogP contribution in [-0.4, -0.2) is 54.4 Å². The Hall–Kier alpha value is -2.07. The minimum atomic E-state index is -4.48. The highest BCUT2D eigenvalue weighted by molar-refractivity contribution is 7.91. The van der Waals surface area contributed by atoms with E-state index in [1.807, 2.05) is 12.3 Å². The van der Waals surface area contributed by atoms with Crippen LogP contribution < -0.4 is 0 Å². The molecule has 3 rings (SSSR count). The Morgan fingerprint density at radius 1 is 1.38 bits per heavy atom. The number of rotatable bonds is 5. The molecule has 0 N–H and O–H groups in total. The topological polar surface area (TPSA) is 74.1 Å². The van der Waals surface area contributed by atoms with E-state index in [-0.39, 0.29) is 18.1 Å². The van der Waals surface area contributed by atoms with Gasteiger partial charge >= 0.3 is 6.18 Å². The molecular formula is C16H17F3N4O2S. The maximum Gasteiger partial charge on any atom is 0.433 e. The van der Waals surface area contributed by atoms with Crippen LogP contribution >= 0.6 is 0 Å². The second-order valence-electron chi connectivity index (χ2n) is 5.98. The molecule has 1 amide bonds. The first-order valence-electron chi connectivity index (χ1n) is 7.99. The molecule has 1 aliphatic rings. The summed E-state index contributed by atoms with van der Waals surface area (Å²) in [4.78, 5) is 17.8. The quantitative estimate of drug-likeness (QED) is 0.735. The largest absolute Gasteiger partial charge is 0.616 e. The third-order valence-electron chi connectivity index (χ3n) is 3.99. The molecule has 10 heteroatoms. The van der Waals surface area contributed by atoms with Crippen LogP contribution in [0.15, 0.2) is 30.7 Å². The van der Waals surface area contributed by atoms with Gasteiger partial charge in [-0.15, -0.1) is 0 Å². The molecule has 1 atom stereocenters. The predicted octanol–water partition coefficient (Wildman–Crippen LogP) is 1.85. The number of amides is 1. The number of carbonyl (C=O) groups is 1. The van der Waals surface area contributed by atoms with Crippen molar-refractivity contribution in [2.24, 2.45) is 0 Å². The second-order valence-corrected chi connectivity index (χ2v) is 7.55. The van der Waals surface area contributed by atoms with Gasteiger partial charge < -0.3 is 9.45 Å². The lowest BCUT2D eigenvalue weighted by atomic mass is 10.1. The minimum Gasteiger partial charge on any atom is -0.616 e. The molecule has 0 bridgehead atoms. The van der Waals surface area contributed by atoms with Gasteiger partial charge in [0, 0.05) is 37.5 Å². The molecule has 0 saturated heterocycles. The van der Waals surface area contributed by atoms with E-state index < -0.39 is 23.1 Å². The molecule has 0 saturated carbocycles. The number of pyridine rings is 1. The number of carbonyl (C=O) groups excluding carboxylic acids is 1. The van der Waals surface area contributed by atoms with E-state index in [1.54, 1.807) is 28.0 Å². The molecule has 0 radical (unpaired) electrons. The van der Waals surface area contributed by atoms with Gasteiger partial charge in [0.05, 0.1) is 24.0 Å². The maximum atomic E-state index is 12.2. The summed E-state index contributed by atoms with van der Waals surface area (Å²) in [5, 5.41) is 4.49. The van der Waals surface area contributed by atoms with Crippen LogP contribution in [-0.2, 0) is 28.9 Å². The zero-order chi connectivity index (χ0) is 18.7. The Kier molecular flexibility index (Phi) is 5.52. The average Bonchev–Trinajstić information content (AvgIpc) is 3.02. The summed E-state index contributed by atoms with van der Waals surface area (Å²) in [5.74, 6) is -1.95. The molecule has 1 unspecified atom stereocenters. The number of aromatic nitrogens is 3. The van der Waals surface area contributed by atoms with E-state index in [0.717, 1.165) is 16.9 Å². The summed E-state index contributed by atoms with van der Waals surface area (Å²) in [6.07, 6.45) is 1.10. The molecule has 26 heavy (non-hydrogen) atoms. The molecule has 0 aromatic carbocycles. The number of hydrogen-bond donors (Lipinski definition) is 0. The van der Waals surface area contributed by atoms with Crippen LogP contribution in [0, 0.1) is 0 Å². The van der Waals surface area contributed by atoms with E-state index in [9.17, 15) is 22.5 Å². The Morgan fingerprint density at radius 3 is 2.88 bits per heavy atom. The Labute approximate surface area is 151 Å². The standard InChI is InChI=1S/C16H17F3N4O2S/c17-16(18,19)11-26(25)7-4-15(24)22-6-3-14-12(9-22)10-23(21-14)13-2-1-5-20-8-13/h1-2,5,8,10H,3-4,6-7,9,11H2. The van der Waals surface area contributed by atoms with Gasteiger partial charge in [-0.05, 0) is 23.3 Å². The van der Waals surface area contributed by atoms with Crippen molar-refractivity contribution in [3.8, 4) is 5.69 Å². The van der Waals surface area contributed by atoms with Crippen LogP contribution in [0.25, 0.3) is 5.69 Å². The van der Waals surface area contributed by atoms with E-state index >= 15 is 0 Å². The molecule has 1 aliphatic heterocycles. The fourth-order valence-corrected chi connectivity index (χ4v) is 3.67. The highest BCUT2D eigenvalue weighted by Crippen LogP contribution is 2.21.